The Balaban J connectivity index is 1.91. The first-order valence-electron chi connectivity index (χ1n) is 7.47. The summed E-state index contributed by atoms with van der Waals surface area (Å²) in [5, 5.41) is 18.0. The molecule has 4 rings (SSSR count). The highest BCUT2D eigenvalue weighted by atomic mass is 35.5. The third kappa shape index (κ3) is 2.51. The maximum atomic E-state index is 11.6. The highest BCUT2D eigenvalue weighted by Crippen LogP contribution is 2.26. The number of nitrogens with zero attached hydrogens (tertiary/aromatic N) is 6. The molecule has 0 aliphatic rings. The topological polar surface area (TPSA) is 87.2 Å². The number of carbonyl (C=O) groups excluding carboxylic acids is 1. The van der Waals surface area contributed by atoms with Crippen molar-refractivity contribution in [3.05, 3.63) is 41.2 Å². The first kappa shape index (κ1) is 15.5. The van der Waals surface area contributed by atoms with E-state index < -0.39 is 0 Å². The van der Waals surface area contributed by atoms with E-state index in [1.54, 1.807) is 22.4 Å². The van der Waals surface area contributed by atoms with Gasteiger partial charge < -0.3 is 4.74 Å². The smallest absolute Gasteiger partial charge is 0.311 e. The maximum absolute atomic E-state index is 11.6. The Morgan fingerprint density at radius 2 is 2.00 bits per heavy atom. The molecule has 3 aromatic heterocycles. The molecule has 0 saturated heterocycles. The molecule has 0 atom stereocenters. The van der Waals surface area contributed by atoms with Crippen molar-refractivity contribution in [2.75, 3.05) is 7.11 Å². The zero-order valence-electron chi connectivity index (χ0n) is 13.5. The van der Waals surface area contributed by atoms with Crippen molar-refractivity contribution >= 4 is 34.4 Å². The van der Waals surface area contributed by atoms with Crippen LogP contribution in [0.15, 0.2) is 30.5 Å². The van der Waals surface area contributed by atoms with Crippen molar-refractivity contribution in [2.45, 2.75) is 6.42 Å². The summed E-state index contributed by atoms with van der Waals surface area (Å²) < 4.78 is 8.00. The molecule has 0 saturated carbocycles. The van der Waals surface area contributed by atoms with Crippen molar-refractivity contribution in [3.63, 3.8) is 0 Å². The molecule has 0 amide bonds. The highest BCUT2D eigenvalue weighted by Gasteiger charge is 2.19. The van der Waals surface area contributed by atoms with E-state index in [1.165, 1.54) is 7.11 Å². The van der Waals surface area contributed by atoms with Crippen LogP contribution in [0.4, 0.5) is 0 Å². The lowest BCUT2D eigenvalue weighted by molar-refractivity contribution is -0.139. The number of aryl methyl sites for hydroxylation is 1. The molecule has 0 aliphatic carbocycles. The summed E-state index contributed by atoms with van der Waals surface area (Å²) in [6, 6.07) is 7.42. The first-order valence-corrected chi connectivity index (χ1v) is 7.85. The van der Waals surface area contributed by atoms with Gasteiger partial charge in [-0.15, -0.1) is 10.2 Å². The number of esters is 1. The van der Waals surface area contributed by atoms with Crippen molar-refractivity contribution in [3.8, 4) is 11.1 Å². The summed E-state index contributed by atoms with van der Waals surface area (Å²) in [5.74, 6) is -0.385. The Morgan fingerprint density at radius 1 is 1.24 bits per heavy atom. The minimum Gasteiger partial charge on any atom is -0.469 e. The molecular weight excluding hydrogens is 344 g/mol. The third-order valence-corrected chi connectivity index (χ3v) is 4.20. The van der Waals surface area contributed by atoms with Crippen LogP contribution in [-0.2, 0) is 23.0 Å². The van der Waals surface area contributed by atoms with Gasteiger partial charge >= 0.3 is 5.97 Å². The lowest BCUT2D eigenvalue weighted by Crippen LogP contribution is -2.06. The number of fused-ring (bicyclic) bond motifs is 3. The van der Waals surface area contributed by atoms with E-state index in [4.69, 9.17) is 16.3 Å². The molecule has 0 bridgehead atoms. The number of carbonyl (C=O) groups is 1. The van der Waals surface area contributed by atoms with Crippen LogP contribution in [0.25, 0.3) is 27.9 Å². The van der Waals surface area contributed by atoms with Crippen LogP contribution < -0.4 is 0 Å². The fourth-order valence-corrected chi connectivity index (χ4v) is 2.88. The third-order valence-electron chi connectivity index (χ3n) is 3.95. The van der Waals surface area contributed by atoms with Crippen LogP contribution in [0.3, 0.4) is 0 Å². The van der Waals surface area contributed by atoms with Crippen LogP contribution >= 0.6 is 11.6 Å². The number of halogens is 1. The SMILES string of the molecule is COC(=O)Cc1nn(C)c2c1nnc1c(-c3ccc(Cl)cc3)cnn12. The Hall–Kier alpha value is -3.00. The van der Waals surface area contributed by atoms with Gasteiger partial charge in [0, 0.05) is 17.6 Å². The molecule has 25 heavy (non-hydrogen) atoms. The van der Waals surface area contributed by atoms with Gasteiger partial charge in [0.05, 0.1) is 19.7 Å². The maximum Gasteiger partial charge on any atom is 0.311 e. The summed E-state index contributed by atoms with van der Waals surface area (Å²) in [7, 11) is 3.11. The predicted molar refractivity (Wildman–Crippen MR) is 91.2 cm³/mol. The molecule has 0 aliphatic heterocycles. The number of methoxy groups -OCH3 is 1. The quantitative estimate of drug-likeness (QED) is 0.522. The number of hydrogen-bond donors (Lipinski definition) is 0. The van der Waals surface area contributed by atoms with Crippen LogP contribution in [-0.4, -0.2) is 42.7 Å². The molecule has 0 N–H and O–H groups in total. The van der Waals surface area contributed by atoms with Crippen LogP contribution in [0.2, 0.25) is 5.02 Å². The van der Waals surface area contributed by atoms with Gasteiger partial charge in [-0.2, -0.15) is 14.7 Å². The fourth-order valence-electron chi connectivity index (χ4n) is 2.75. The molecule has 0 radical (unpaired) electrons. The van der Waals surface area contributed by atoms with Crippen molar-refractivity contribution in [1.82, 2.24) is 29.6 Å². The number of ether oxygens (including phenoxy) is 1. The monoisotopic (exact) mass is 356 g/mol. The normalized spacial score (nSPS) is 11.3. The van der Waals surface area contributed by atoms with E-state index in [9.17, 15) is 4.79 Å². The number of aromatic nitrogens is 6. The fraction of sp³-hybridized carbons (Fsp3) is 0.188. The van der Waals surface area contributed by atoms with Crippen molar-refractivity contribution in [1.29, 1.82) is 0 Å². The van der Waals surface area contributed by atoms with Gasteiger partial charge in [-0.3, -0.25) is 4.79 Å². The molecule has 0 fully saturated rings. The van der Waals surface area contributed by atoms with Crippen LogP contribution in [0.1, 0.15) is 5.69 Å². The van der Waals surface area contributed by atoms with Gasteiger partial charge in [0.25, 0.3) is 0 Å². The van der Waals surface area contributed by atoms with Gasteiger partial charge in [-0.25, -0.2) is 4.68 Å². The molecule has 4 aromatic rings. The van der Waals surface area contributed by atoms with Gasteiger partial charge in [0.15, 0.2) is 16.8 Å². The van der Waals surface area contributed by atoms with Crippen molar-refractivity contribution < 1.29 is 9.53 Å². The Labute approximate surface area is 147 Å². The molecule has 0 unspecified atom stereocenters. The first-order chi connectivity index (χ1) is 12.1. The van der Waals surface area contributed by atoms with Crippen LogP contribution in [0.5, 0.6) is 0 Å². The molecular formula is C16H13ClN6O2. The Kier molecular flexibility index (Phi) is 3.61. The lowest BCUT2D eigenvalue weighted by Gasteiger charge is -2.00. The van der Waals surface area contributed by atoms with Gasteiger partial charge in [0.2, 0.25) is 0 Å². The molecule has 8 nitrogen and oxygen atoms in total. The van der Waals surface area contributed by atoms with E-state index in [-0.39, 0.29) is 12.4 Å². The summed E-state index contributed by atoms with van der Waals surface area (Å²) in [6.45, 7) is 0. The summed E-state index contributed by atoms with van der Waals surface area (Å²) in [6.07, 6.45) is 1.75. The zero-order chi connectivity index (χ0) is 17.6. The standard InChI is InChI=1S/C16H13ClN6O2/c1-22-16-14(12(21-22)7-13(24)25-2)19-20-15-11(8-18-23(15)16)9-3-5-10(17)6-4-9/h3-6,8H,7H2,1-2H3. The van der Waals surface area contributed by atoms with E-state index in [1.807, 2.05) is 24.3 Å². The second-order valence-corrected chi connectivity index (χ2v) is 5.93. The molecule has 1 aromatic carbocycles. The lowest BCUT2D eigenvalue weighted by atomic mass is 10.1. The zero-order valence-corrected chi connectivity index (χ0v) is 14.2. The largest absolute Gasteiger partial charge is 0.469 e. The Bertz CT molecular complexity index is 1100. The summed E-state index contributed by atoms with van der Waals surface area (Å²) in [5.41, 5.74) is 4.05. The predicted octanol–water partition coefficient (Wildman–Crippen LogP) is 2.05. The average Bonchev–Trinajstić information content (AvgIpc) is 3.17. The second kappa shape index (κ2) is 5.82. The molecule has 9 heteroatoms. The van der Waals surface area contributed by atoms with Crippen LogP contribution in [0, 0.1) is 0 Å². The molecule has 3 heterocycles. The van der Waals surface area contributed by atoms with E-state index in [0.29, 0.717) is 27.5 Å². The summed E-state index contributed by atoms with van der Waals surface area (Å²) in [4.78, 5) is 11.6. The summed E-state index contributed by atoms with van der Waals surface area (Å²) >= 11 is 5.95. The van der Waals surface area contributed by atoms with E-state index in [2.05, 4.69) is 20.4 Å². The molecule has 0 spiro atoms. The van der Waals surface area contributed by atoms with E-state index in [0.717, 1.165) is 11.1 Å². The van der Waals surface area contributed by atoms with Gasteiger partial charge in [-0.05, 0) is 17.7 Å². The second-order valence-electron chi connectivity index (χ2n) is 5.50. The van der Waals surface area contributed by atoms with Gasteiger partial charge in [0.1, 0.15) is 5.69 Å². The van der Waals surface area contributed by atoms with Gasteiger partial charge in [-0.1, -0.05) is 23.7 Å². The minimum atomic E-state index is -0.385. The highest BCUT2D eigenvalue weighted by molar-refractivity contribution is 6.30. The van der Waals surface area contributed by atoms with E-state index >= 15 is 0 Å². The molecule has 126 valence electrons. The minimum absolute atomic E-state index is 0.0271. The number of benzene rings is 1. The number of rotatable bonds is 3. The van der Waals surface area contributed by atoms with Crippen molar-refractivity contribution in [2.24, 2.45) is 7.05 Å². The number of hydrogen-bond acceptors (Lipinski definition) is 6. The Morgan fingerprint density at radius 3 is 2.72 bits per heavy atom. The average molecular weight is 357 g/mol.